The summed E-state index contributed by atoms with van der Waals surface area (Å²) in [4.78, 5) is 39.4. The fourth-order valence-electron chi connectivity index (χ4n) is 15.2. The summed E-state index contributed by atoms with van der Waals surface area (Å²) in [5.74, 6) is 2.70. The second kappa shape index (κ2) is 35.7. The van der Waals surface area contributed by atoms with Gasteiger partial charge >= 0.3 is 0 Å². The van der Waals surface area contributed by atoms with Gasteiger partial charge in [0, 0.05) is 75.8 Å². The van der Waals surface area contributed by atoms with E-state index in [1.165, 1.54) is 77.7 Å². The van der Waals surface area contributed by atoms with Gasteiger partial charge in [-0.1, -0.05) is 36.4 Å². The number of aryl methyl sites for hydroxylation is 1. The molecule has 0 bridgehead atoms. The van der Waals surface area contributed by atoms with Gasteiger partial charge in [-0.25, -0.2) is 65.1 Å². The molecular formula is C79H87N21O18S3. The van der Waals surface area contributed by atoms with Crippen molar-refractivity contribution in [2.45, 2.75) is 105 Å². The van der Waals surface area contributed by atoms with Gasteiger partial charge in [0.15, 0.2) is 29.1 Å². The van der Waals surface area contributed by atoms with E-state index in [-0.39, 0.29) is 168 Å². The Morgan fingerprint density at radius 1 is 0.421 bits per heavy atom. The summed E-state index contributed by atoms with van der Waals surface area (Å²) in [6.45, 7) is 2.20. The van der Waals surface area contributed by atoms with Gasteiger partial charge in [0.1, 0.15) is 109 Å². The van der Waals surface area contributed by atoms with Gasteiger partial charge in [0.2, 0.25) is 65.6 Å². The Morgan fingerprint density at radius 2 is 0.785 bits per heavy atom. The highest BCUT2D eigenvalue weighted by atomic mass is 32.2. The van der Waals surface area contributed by atoms with Crippen LogP contribution in [-0.4, -0.2) is 233 Å². The molecule has 12 heterocycles. The maximum Gasteiger partial charge on any atom is 0.243 e. The minimum atomic E-state index is -4.63. The molecule has 2 unspecified atom stereocenters. The summed E-state index contributed by atoms with van der Waals surface area (Å²) in [6.07, 6.45) is 4.34. The fourth-order valence-corrected chi connectivity index (χ4v) is 19.7. The first-order chi connectivity index (χ1) is 58.6. The Hall–Kier alpha value is -12.8. The highest BCUT2D eigenvalue weighted by molar-refractivity contribution is 7.94. The van der Waals surface area contributed by atoms with E-state index in [0.717, 1.165) is 11.1 Å². The average molecular weight is 1710 g/mol. The van der Waals surface area contributed by atoms with Crippen molar-refractivity contribution in [1.29, 1.82) is 0 Å². The molecule has 3 saturated heterocycles. The lowest BCUT2D eigenvalue weighted by Gasteiger charge is -2.40. The van der Waals surface area contributed by atoms with E-state index in [9.17, 15) is 0 Å². The van der Waals surface area contributed by atoms with Gasteiger partial charge in [-0.05, 0) is 123 Å². The summed E-state index contributed by atoms with van der Waals surface area (Å²) < 4.78 is 176. The molecule has 634 valence electrons. The number of nitrogens with zero attached hydrogens (tertiary/aromatic N) is 18. The zero-order valence-corrected chi connectivity index (χ0v) is 70.0. The molecule has 0 saturated carbocycles. The maximum atomic E-state index is 15.8. The monoisotopic (exact) mass is 1710 g/mol. The van der Waals surface area contributed by atoms with Crippen LogP contribution in [0.3, 0.4) is 0 Å². The molecule has 4 aliphatic rings. The van der Waals surface area contributed by atoms with Crippen molar-refractivity contribution in [3.05, 3.63) is 169 Å². The first kappa shape index (κ1) is 83.3. The summed E-state index contributed by atoms with van der Waals surface area (Å²) in [7, 11) is 1.36. The van der Waals surface area contributed by atoms with E-state index in [1.807, 2.05) is 6.92 Å². The van der Waals surface area contributed by atoms with Gasteiger partial charge in [0.25, 0.3) is 0 Å². The highest BCUT2D eigenvalue weighted by Crippen LogP contribution is 2.45. The second-order valence-electron chi connectivity index (χ2n) is 28.4. The van der Waals surface area contributed by atoms with Crippen LogP contribution in [0.4, 0.5) is 17.8 Å². The summed E-state index contributed by atoms with van der Waals surface area (Å²) >= 11 is 0. The number of hydrogen-bond acceptors (Lipinski definition) is 33. The number of benzene rings is 3. The zero-order valence-electron chi connectivity index (χ0n) is 67.6. The van der Waals surface area contributed by atoms with Crippen molar-refractivity contribution in [1.82, 2.24) is 84.1 Å². The largest absolute Gasteiger partial charge is 0.494 e. The molecule has 3 fully saturated rings. The number of ether oxygens (including phenoxy) is 12. The number of sulfonamides is 3. The van der Waals surface area contributed by atoms with Gasteiger partial charge in [-0.3, -0.25) is 27.9 Å². The van der Waals surface area contributed by atoms with Crippen molar-refractivity contribution in [3.8, 4) is 104 Å². The van der Waals surface area contributed by atoms with E-state index in [0.29, 0.717) is 40.7 Å². The summed E-state index contributed by atoms with van der Waals surface area (Å²) in [6, 6.07) is 30.3. The maximum absolute atomic E-state index is 15.8. The van der Waals surface area contributed by atoms with Crippen LogP contribution in [0, 0.1) is 6.92 Å². The number of aliphatic imine (C=N–C) groups is 1. The molecule has 3 N–H and O–H groups in total. The molecule has 0 radical (unpaired) electrons. The second-order valence-corrected chi connectivity index (χ2v) is 34.1. The van der Waals surface area contributed by atoms with E-state index in [1.54, 1.807) is 152 Å². The molecule has 4 aliphatic heterocycles. The van der Waals surface area contributed by atoms with Crippen LogP contribution in [0.25, 0.3) is 51.6 Å². The number of rotatable bonds is 31. The summed E-state index contributed by atoms with van der Waals surface area (Å²) in [5, 5.41) is 22.7. The van der Waals surface area contributed by atoms with Crippen molar-refractivity contribution in [2.24, 2.45) is 4.99 Å². The molecule has 11 aromatic rings. The van der Waals surface area contributed by atoms with Crippen LogP contribution in [-0.2, 0) is 50.7 Å². The third-order valence-electron chi connectivity index (χ3n) is 20.9. The lowest BCUT2D eigenvalue weighted by Crippen LogP contribution is -2.54. The number of anilines is 3. The van der Waals surface area contributed by atoms with Gasteiger partial charge in [-0.2, -0.15) is 0 Å². The van der Waals surface area contributed by atoms with Crippen LogP contribution >= 0.6 is 0 Å². The van der Waals surface area contributed by atoms with Crippen LogP contribution in [0.5, 0.6) is 52.1 Å². The molecular weight excluding hydrogens is 1630 g/mol. The third kappa shape index (κ3) is 17.1. The standard InChI is InChI=1S/C79H87N21O18S3/c1-45-39-80-72(81-40-45)69-60(120(103,104)95-78-92-89-74(51-20-13-30-63(86-51)114-10)99(78)66-55(109-5)24-16-25-56(66)110-6)34-32-49(117-69)38-47-43-84-76(97(2)44-47)70-61(121(105,106)96-79-93-90-75(52-21-14-31-64(87-52)115-11)100(79)67-57(111-7)26-17-27-58(67)112-8)35-33-48(118-70)37-46-41-82-71(83-42-46)68-59(28-18-36-116-68)119(101,102)94-77-91-88-73(50-19-12-29-62(85-50)113-9)98(77)65-53(107-3)22-15-23-54(65)108-4/h12-17,19-27,29-31,39-43,48-49,59-61,68-70H,18,28,32-38,44H2,1-11H3,(H,91,94)(H,92,95)(H,93,96)/t48?,49?,59-,60-,61+,68+,69-,70+/m0/s1. The van der Waals surface area contributed by atoms with Crippen molar-refractivity contribution >= 4 is 53.8 Å². The Labute approximate surface area is 696 Å². The third-order valence-corrected chi connectivity index (χ3v) is 26.1. The predicted octanol–water partition coefficient (Wildman–Crippen LogP) is 8.49. The van der Waals surface area contributed by atoms with Gasteiger partial charge in [-0.15, -0.1) is 30.6 Å². The number of pyridine rings is 3. The molecule has 15 rings (SSSR count). The average Bonchev–Trinajstić information content (AvgIpc) is 1.66. The number of hydrogen-bond donors (Lipinski definition) is 3. The topological polar surface area (TPSA) is 447 Å². The Bertz CT molecular complexity index is 5960. The Balaban J connectivity index is 0.725. The minimum Gasteiger partial charge on any atom is -0.494 e. The SMILES string of the molecule is COc1cccc(-c2nnc(NS(=O)(=O)[C@@H]3CCC(Cc4cnc([C@@H]5OCCC[C@@H]5S(=O)(=O)Nc5nnc(-c6cccc(OC)n6)n5-c5c(OC)cccc5OC)nc4)O[C@H]3C3=NC=C(CC4CC[C@H](S(=O)(=O)Nc5nnc(-c6cccc(OC)n6)n5-c5c(OC)cccc5OC)[C@@H](c5ncc(C)cn5)O4)CN3C)n2-c2c(OC)cccc2OC)n1. The van der Waals surface area contributed by atoms with Crippen LogP contribution in [0.1, 0.15) is 79.9 Å². The smallest absolute Gasteiger partial charge is 0.243 e. The number of nitrogens with one attached hydrogen (secondary N) is 3. The fraction of sp³-hybridized carbons (Fsp3) is 0.367. The molecule has 42 heteroatoms. The number of likely N-dealkylation sites (N-methyl/N-ethyl adjacent to an activating group) is 1. The van der Waals surface area contributed by atoms with E-state index >= 15 is 25.3 Å². The number of amidine groups is 1. The quantitative estimate of drug-likeness (QED) is 0.0366. The molecule has 0 spiro atoms. The first-order valence-electron chi connectivity index (χ1n) is 38.2. The predicted molar refractivity (Wildman–Crippen MR) is 440 cm³/mol. The zero-order chi connectivity index (χ0) is 84.9. The molecule has 3 aromatic carbocycles. The Kier molecular flexibility index (Phi) is 24.5. The summed E-state index contributed by atoms with van der Waals surface area (Å²) in [5.41, 5.74) is 3.70. The molecule has 39 nitrogen and oxygen atoms in total. The lowest BCUT2D eigenvalue weighted by molar-refractivity contribution is -0.0524. The van der Waals surface area contributed by atoms with Crippen LogP contribution in [0.15, 0.2) is 151 Å². The lowest BCUT2D eigenvalue weighted by atomic mass is 9.96. The first-order valence-corrected chi connectivity index (χ1v) is 42.8. The van der Waals surface area contributed by atoms with E-state index < -0.39 is 76.3 Å². The highest BCUT2D eigenvalue weighted by Gasteiger charge is 2.48. The molecule has 121 heavy (non-hydrogen) atoms. The van der Waals surface area contributed by atoms with Crippen LogP contribution in [0.2, 0.25) is 0 Å². The van der Waals surface area contributed by atoms with E-state index in [2.05, 4.69) is 69.7 Å². The molecule has 0 aliphatic carbocycles. The number of aromatic nitrogens is 16. The molecule has 8 aromatic heterocycles. The van der Waals surface area contributed by atoms with Gasteiger partial charge in [0.05, 0.1) is 76.2 Å². The molecule has 0 amide bonds. The van der Waals surface area contributed by atoms with Crippen LogP contribution < -0.4 is 56.8 Å². The Morgan fingerprint density at radius 3 is 1.18 bits per heavy atom. The normalized spacial score (nSPS) is 19.5. The number of para-hydroxylation sites is 3. The number of methoxy groups -OCH3 is 9. The minimum absolute atomic E-state index is 0.00598. The van der Waals surface area contributed by atoms with Crippen molar-refractivity contribution in [2.75, 3.05) is 98.4 Å². The molecule has 8 atom stereocenters. The van der Waals surface area contributed by atoms with E-state index in [4.69, 9.17) is 71.8 Å². The van der Waals surface area contributed by atoms with Crippen molar-refractivity contribution in [3.63, 3.8) is 0 Å². The van der Waals surface area contributed by atoms with Gasteiger partial charge < -0.3 is 61.7 Å². The van der Waals surface area contributed by atoms with Crippen molar-refractivity contribution < 1.29 is 82.1 Å².